The number of carbonyl (C=O) groups excluding carboxylic acids is 1. The van der Waals surface area contributed by atoms with Gasteiger partial charge in [0.1, 0.15) is 6.33 Å². The summed E-state index contributed by atoms with van der Waals surface area (Å²) < 4.78 is 1.58. The maximum Gasteiger partial charge on any atom is 0.328 e. The molecule has 1 saturated carbocycles. The first-order valence-corrected chi connectivity index (χ1v) is 6.29. The number of amides is 1. The van der Waals surface area contributed by atoms with Crippen molar-refractivity contribution in [3.8, 4) is 0 Å². The third-order valence-corrected chi connectivity index (χ3v) is 3.76. The number of carbonyl (C=O) groups is 1. The zero-order chi connectivity index (χ0) is 12.5. The van der Waals surface area contributed by atoms with Crippen LogP contribution in [-0.4, -0.2) is 34.6 Å². The van der Waals surface area contributed by atoms with Crippen LogP contribution in [0.15, 0.2) is 12.5 Å². The van der Waals surface area contributed by atoms with Crippen LogP contribution >= 0.6 is 0 Å². The highest BCUT2D eigenvalue weighted by Crippen LogP contribution is 2.37. The molecule has 17 heavy (non-hydrogen) atoms. The SMILES string of the molecule is CN(C)C(=O)n1cnc(C2(C)CCCCC2)c1. The fourth-order valence-corrected chi connectivity index (χ4v) is 2.56. The maximum absolute atomic E-state index is 11.8. The molecular weight excluding hydrogens is 214 g/mol. The first-order chi connectivity index (χ1) is 8.03. The van der Waals surface area contributed by atoms with Gasteiger partial charge in [-0.2, -0.15) is 0 Å². The zero-order valence-corrected chi connectivity index (χ0v) is 10.9. The van der Waals surface area contributed by atoms with Crippen LogP contribution in [0, 0.1) is 0 Å². The van der Waals surface area contributed by atoms with Gasteiger partial charge in [0, 0.05) is 25.7 Å². The van der Waals surface area contributed by atoms with E-state index in [9.17, 15) is 4.79 Å². The maximum atomic E-state index is 11.8. The van der Waals surface area contributed by atoms with Gasteiger partial charge in [0.25, 0.3) is 0 Å². The molecule has 0 atom stereocenters. The van der Waals surface area contributed by atoms with Gasteiger partial charge >= 0.3 is 6.03 Å². The highest BCUT2D eigenvalue weighted by molar-refractivity contribution is 5.76. The van der Waals surface area contributed by atoms with Gasteiger partial charge in [0.05, 0.1) is 5.69 Å². The molecule has 4 nitrogen and oxygen atoms in total. The van der Waals surface area contributed by atoms with Gasteiger partial charge < -0.3 is 4.90 Å². The van der Waals surface area contributed by atoms with Gasteiger partial charge in [0.15, 0.2) is 0 Å². The number of aromatic nitrogens is 2. The van der Waals surface area contributed by atoms with Crippen molar-refractivity contribution in [3.63, 3.8) is 0 Å². The lowest BCUT2D eigenvalue weighted by molar-refractivity contribution is 0.219. The van der Waals surface area contributed by atoms with Crippen molar-refractivity contribution in [3.05, 3.63) is 18.2 Å². The summed E-state index contributed by atoms with van der Waals surface area (Å²) in [5, 5.41) is 0. The van der Waals surface area contributed by atoms with E-state index in [0.29, 0.717) is 0 Å². The van der Waals surface area contributed by atoms with E-state index in [0.717, 1.165) is 5.69 Å². The molecule has 0 N–H and O–H groups in total. The smallest absolute Gasteiger partial charge is 0.328 e. The van der Waals surface area contributed by atoms with Gasteiger partial charge in [-0.05, 0) is 12.8 Å². The molecule has 0 saturated heterocycles. The molecular formula is C13H21N3O. The third kappa shape index (κ3) is 2.35. The molecule has 4 heteroatoms. The van der Waals surface area contributed by atoms with E-state index in [1.165, 1.54) is 32.1 Å². The van der Waals surface area contributed by atoms with Crippen LogP contribution in [0.5, 0.6) is 0 Å². The van der Waals surface area contributed by atoms with Gasteiger partial charge in [-0.15, -0.1) is 0 Å². The number of imidazole rings is 1. The normalized spacial score (nSPS) is 19.0. The van der Waals surface area contributed by atoms with Crippen molar-refractivity contribution >= 4 is 6.03 Å². The number of nitrogens with zero attached hydrogens (tertiary/aromatic N) is 3. The minimum absolute atomic E-state index is 0.0387. The van der Waals surface area contributed by atoms with E-state index in [-0.39, 0.29) is 11.4 Å². The second-order valence-electron chi connectivity index (χ2n) is 5.46. The molecule has 0 aromatic carbocycles. The molecule has 0 spiro atoms. The van der Waals surface area contributed by atoms with Crippen molar-refractivity contribution in [2.75, 3.05) is 14.1 Å². The van der Waals surface area contributed by atoms with E-state index in [1.54, 1.807) is 29.9 Å². The van der Waals surface area contributed by atoms with Gasteiger partial charge in [-0.1, -0.05) is 26.2 Å². The van der Waals surface area contributed by atoms with Crippen LogP contribution < -0.4 is 0 Å². The molecule has 1 aromatic rings. The van der Waals surface area contributed by atoms with E-state index in [2.05, 4.69) is 11.9 Å². The second-order valence-corrected chi connectivity index (χ2v) is 5.46. The van der Waals surface area contributed by atoms with Gasteiger partial charge in [-0.3, -0.25) is 4.57 Å². The fourth-order valence-electron chi connectivity index (χ4n) is 2.56. The molecule has 0 bridgehead atoms. The molecule has 0 aliphatic heterocycles. The average Bonchev–Trinajstić information content (AvgIpc) is 2.78. The molecule has 2 rings (SSSR count). The summed E-state index contributed by atoms with van der Waals surface area (Å²) in [6.45, 7) is 2.26. The molecule has 1 amide bonds. The Labute approximate surface area is 103 Å². The summed E-state index contributed by atoms with van der Waals surface area (Å²) in [7, 11) is 3.51. The van der Waals surface area contributed by atoms with Crippen molar-refractivity contribution in [1.82, 2.24) is 14.5 Å². The monoisotopic (exact) mass is 235 g/mol. The van der Waals surface area contributed by atoms with Crippen LogP contribution in [-0.2, 0) is 5.41 Å². The summed E-state index contributed by atoms with van der Waals surface area (Å²) in [5.74, 6) is 0. The van der Waals surface area contributed by atoms with Crippen LogP contribution in [0.2, 0.25) is 0 Å². The summed E-state index contributed by atoms with van der Waals surface area (Å²) in [6, 6.07) is -0.0387. The predicted molar refractivity (Wildman–Crippen MR) is 67.1 cm³/mol. The Morgan fingerprint density at radius 1 is 1.35 bits per heavy atom. The Bertz CT molecular complexity index is 403. The highest BCUT2D eigenvalue weighted by atomic mass is 16.2. The van der Waals surface area contributed by atoms with Gasteiger partial charge in [-0.25, -0.2) is 9.78 Å². The molecule has 94 valence electrons. The molecule has 1 heterocycles. The van der Waals surface area contributed by atoms with Crippen molar-refractivity contribution in [2.45, 2.75) is 44.4 Å². The molecule has 1 fully saturated rings. The Hall–Kier alpha value is -1.32. The lowest BCUT2D eigenvalue weighted by Crippen LogP contribution is -2.27. The number of hydrogen-bond acceptors (Lipinski definition) is 2. The Morgan fingerprint density at radius 3 is 2.59 bits per heavy atom. The molecule has 0 radical (unpaired) electrons. The van der Waals surface area contributed by atoms with Crippen molar-refractivity contribution < 1.29 is 4.79 Å². The first-order valence-electron chi connectivity index (χ1n) is 6.29. The first kappa shape index (κ1) is 12.1. The van der Waals surface area contributed by atoms with Crippen LogP contribution in [0.1, 0.15) is 44.7 Å². The van der Waals surface area contributed by atoms with E-state index >= 15 is 0 Å². The fraction of sp³-hybridized carbons (Fsp3) is 0.692. The topological polar surface area (TPSA) is 38.1 Å². The Balaban J connectivity index is 2.20. The van der Waals surface area contributed by atoms with E-state index in [4.69, 9.17) is 0 Å². The molecule has 1 aliphatic carbocycles. The molecule has 1 aliphatic rings. The Kier molecular flexibility index (Phi) is 3.22. The Morgan fingerprint density at radius 2 is 2.00 bits per heavy atom. The molecule has 0 unspecified atom stereocenters. The minimum atomic E-state index is -0.0387. The quantitative estimate of drug-likeness (QED) is 0.750. The summed E-state index contributed by atoms with van der Waals surface area (Å²) in [5.41, 5.74) is 1.23. The van der Waals surface area contributed by atoms with Gasteiger partial charge in [0.2, 0.25) is 0 Å². The van der Waals surface area contributed by atoms with Crippen molar-refractivity contribution in [1.29, 1.82) is 0 Å². The largest absolute Gasteiger partial charge is 0.330 e. The lowest BCUT2D eigenvalue weighted by atomic mass is 9.74. The van der Waals surface area contributed by atoms with E-state index < -0.39 is 0 Å². The summed E-state index contributed by atoms with van der Waals surface area (Å²) in [6.07, 6.45) is 9.76. The summed E-state index contributed by atoms with van der Waals surface area (Å²) in [4.78, 5) is 17.8. The lowest BCUT2D eigenvalue weighted by Gasteiger charge is -2.31. The average molecular weight is 235 g/mol. The van der Waals surface area contributed by atoms with E-state index in [1.807, 2.05) is 6.20 Å². The van der Waals surface area contributed by atoms with Crippen LogP contribution in [0.4, 0.5) is 4.79 Å². The van der Waals surface area contributed by atoms with Crippen LogP contribution in [0.3, 0.4) is 0 Å². The van der Waals surface area contributed by atoms with Crippen LogP contribution in [0.25, 0.3) is 0 Å². The second kappa shape index (κ2) is 4.51. The number of rotatable bonds is 1. The molecule has 1 aromatic heterocycles. The third-order valence-electron chi connectivity index (χ3n) is 3.76. The standard InChI is InChI=1S/C13H21N3O/c1-13(7-5-4-6-8-13)11-9-16(10-14-11)12(17)15(2)3/h9-10H,4-8H2,1-3H3. The zero-order valence-electron chi connectivity index (χ0n) is 10.9. The van der Waals surface area contributed by atoms with Crippen molar-refractivity contribution in [2.24, 2.45) is 0 Å². The summed E-state index contributed by atoms with van der Waals surface area (Å²) >= 11 is 0. The minimum Gasteiger partial charge on any atom is -0.330 e. The predicted octanol–water partition coefficient (Wildman–Crippen LogP) is 2.63. The number of hydrogen-bond donors (Lipinski definition) is 0. The highest BCUT2D eigenvalue weighted by Gasteiger charge is 2.31.